The number of halogens is 3. The van der Waals surface area contributed by atoms with Gasteiger partial charge in [0.2, 0.25) is 15.9 Å². The molecule has 0 aliphatic carbocycles. The van der Waals surface area contributed by atoms with Gasteiger partial charge in [0.05, 0.1) is 23.3 Å². The van der Waals surface area contributed by atoms with Gasteiger partial charge in [0.25, 0.3) is 0 Å². The number of carbonyl (C=O) groups excluding carboxylic acids is 1. The van der Waals surface area contributed by atoms with Gasteiger partial charge in [0.15, 0.2) is 0 Å². The maximum absolute atomic E-state index is 13.4. The summed E-state index contributed by atoms with van der Waals surface area (Å²) < 4.78 is 73.7. The van der Waals surface area contributed by atoms with E-state index in [1.165, 1.54) is 37.4 Å². The highest BCUT2D eigenvalue weighted by atomic mass is 32.2. The van der Waals surface area contributed by atoms with Crippen LogP contribution < -0.4 is 14.8 Å². The molecule has 0 fully saturated rings. The molecule has 0 aliphatic rings. The molecule has 2 N–H and O–H groups in total. The highest BCUT2D eigenvalue weighted by Crippen LogP contribution is 2.34. The molecule has 0 saturated carbocycles. The number of carbonyl (C=O) groups is 1. The first-order valence-corrected chi connectivity index (χ1v) is 11.7. The average Bonchev–Trinajstić information content (AvgIpc) is 2.78. The molecule has 0 bridgehead atoms. The van der Waals surface area contributed by atoms with Crippen LogP contribution in [0.5, 0.6) is 5.75 Å². The van der Waals surface area contributed by atoms with Crippen LogP contribution in [0, 0.1) is 6.92 Å². The van der Waals surface area contributed by atoms with Crippen molar-refractivity contribution >= 4 is 21.6 Å². The zero-order valence-electron chi connectivity index (χ0n) is 18.4. The van der Waals surface area contributed by atoms with E-state index in [2.05, 4.69) is 10.0 Å². The van der Waals surface area contributed by atoms with E-state index in [1.807, 2.05) is 0 Å². The van der Waals surface area contributed by atoms with E-state index in [0.717, 1.165) is 12.1 Å². The van der Waals surface area contributed by atoms with Crippen molar-refractivity contribution in [3.8, 4) is 5.75 Å². The van der Waals surface area contributed by atoms with Gasteiger partial charge in [-0.05, 0) is 54.8 Å². The van der Waals surface area contributed by atoms with E-state index < -0.39 is 39.4 Å². The summed E-state index contributed by atoms with van der Waals surface area (Å²) >= 11 is 0. The molecule has 3 aromatic rings. The predicted octanol–water partition coefficient (Wildman–Crippen LogP) is 4.55. The molecule has 1 amide bonds. The summed E-state index contributed by atoms with van der Waals surface area (Å²) in [5.41, 5.74) is -0.304. The van der Waals surface area contributed by atoms with Crippen LogP contribution in [0.3, 0.4) is 0 Å². The third-order valence-corrected chi connectivity index (χ3v) is 6.53. The molecular weight excluding hydrogens is 469 g/mol. The zero-order valence-corrected chi connectivity index (χ0v) is 19.2. The summed E-state index contributed by atoms with van der Waals surface area (Å²) in [4.78, 5) is 12.9. The van der Waals surface area contributed by atoms with Gasteiger partial charge in [-0.15, -0.1) is 0 Å². The number of hydrogen-bond acceptors (Lipinski definition) is 4. The molecule has 10 heteroatoms. The number of hydrogen-bond donors (Lipinski definition) is 2. The lowest BCUT2D eigenvalue weighted by molar-refractivity contribution is -0.137. The number of aryl methyl sites for hydroxylation is 1. The third-order valence-electron chi connectivity index (χ3n) is 5.06. The minimum Gasteiger partial charge on any atom is -0.496 e. The number of benzene rings is 3. The van der Waals surface area contributed by atoms with E-state index in [0.29, 0.717) is 16.9 Å². The first kappa shape index (κ1) is 25.3. The second kappa shape index (κ2) is 10.3. The van der Waals surface area contributed by atoms with E-state index in [9.17, 15) is 26.4 Å². The second-order valence-electron chi connectivity index (χ2n) is 7.53. The molecule has 1 unspecified atom stereocenters. The quantitative estimate of drug-likeness (QED) is 0.483. The molecule has 3 rings (SSSR count). The Morgan fingerprint density at radius 1 is 1.00 bits per heavy atom. The molecular formula is C24H23F3N2O4S. The van der Waals surface area contributed by atoms with Crippen LogP contribution in [0.4, 0.5) is 18.9 Å². The van der Waals surface area contributed by atoms with Crippen molar-refractivity contribution in [2.75, 3.05) is 12.4 Å². The maximum Gasteiger partial charge on any atom is 0.418 e. The van der Waals surface area contributed by atoms with Crippen LogP contribution in [0.15, 0.2) is 77.7 Å². The lowest BCUT2D eigenvalue weighted by Gasteiger charge is -2.21. The number of anilines is 1. The molecule has 0 spiro atoms. The Balaban J connectivity index is 1.93. The van der Waals surface area contributed by atoms with Gasteiger partial charge in [0, 0.05) is 0 Å². The Labute approximate surface area is 195 Å². The Bertz CT molecular complexity index is 1260. The number of ether oxygens (including phenoxy) is 1. The minimum atomic E-state index is -4.70. The number of alkyl halides is 3. The fourth-order valence-corrected chi connectivity index (χ4v) is 4.65. The van der Waals surface area contributed by atoms with Crippen LogP contribution >= 0.6 is 0 Å². The molecule has 0 radical (unpaired) electrons. The number of rotatable bonds is 8. The summed E-state index contributed by atoms with van der Waals surface area (Å²) in [6, 6.07) is 15.9. The van der Waals surface area contributed by atoms with Gasteiger partial charge in [-0.3, -0.25) is 4.79 Å². The average molecular weight is 493 g/mol. The second-order valence-corrected chi connectivity index (χ2v) is 9.24. The monoisotopic (exact) mass is 492 g/mol. The van der Waals surface area contributed by atoms with Crippen LogP contribution in [-0.2, 0) is 27.4 Å². The van der Waals surface area contributed by atoms with Gasteiger partial charge < -0.3 is 10.1 Å². The van der Waals surface area contributed by atoms with Crippen LogP contribution in [0.1, 0.15) is 16.7 Å². The zero-order chi connectivity index (χ0) is 24.9. The molecule has 0 heterocycles. The maximum atomic E-state index is 13.4. The predicted molar refractivity (Wildman–Crippen MR) is 122 cm³/mol. The van der Waals surface area contributed by atoms with Crippen LogP contribution in [-0.4, -0.2) is 27.5 Å². The molecule has 0 saturated heterocycles. The van der Waals surface area contributed by atoms with Crippen molar-refractivity contribution in [2.24, 2.45) is 0 Å². The van der Waals surface area contributed by atoms with E-state index >= 15 is 0 Å². The van der Waals surface area contributed by atoms with Crippen molar-refractivity contribution < 1.29 is 31.1 Å². The van der Waals surface area contributed by atoms with Gasteiger partial charge >= 0.3 is 6.18 Å². The van der Waals surface area contributed by atoms with E-state index in [-0.39, 0.29) is 11.3 Å². The van der Waals surface area contributed by atoms with Gasteiger partial charge in [0.1, 0.15) is 11.8 Å². The van der Waals surface area contributed by atoms with E-state index in [1.54, 1.807) is 37.3 Å². The summed E-state index contributed by atoms with van der Waals surface area (Å²) in [6.45, 7) is 1.67. The topological polar surface area (TPSA) is 84.5 Å². The molecule has 180 valence electrons. The molecule has 1 atom stereocenters. The van der Waals surface area contributed by atoms with Gasteiger partial charge in [-0.1, -0.05) is 42.5 Å². The minimum absolute atomic E-state index is 0.0742. The van der Waals surface area contributed by atoms with Crippen LogP contribution in [0.25, 0.3) is 0 Å². The van der Waals surface area contributed by atoms with Crippen molar-refractivity contribution in [1.29, 1.82) is 0 Å². The lowest BCUT2D eigenvalue weighted by Crippen LogP contribution is -2.45. The Morgan fingerprint density at radius 2 is 1.65 bits per heavy atom. The third kappa shape index (κ3) is 6.15. The Hall–Kier alpha value is -3.37. The fourth-order valence-electron chi connectivity index (χ4n) is 3.37. The fraction of sp³-hybridized carbons (Fsp3) is 0.208. The molecule has 6 nitrogen and oxygen atoms in total. The normalized spacial score (nSPS) is 12.7. The first-order chi connectivity index (χ1) is 16.0. The van der Waals surface area contributed by atoms with Gasteiger partial charge in [-0.25, -0.2) is 8.42 Å². The standard InChI is InChI=1S/C24H23F3N2O4S/c1-16-14-18(12-13-22(16)33-2)34(31,32)29-21(15-17-8-4-3-5-9-17)23(30)28-20-11-7-6-10-19(20)24(25,26)27/h3-14,21,29H,15H2,1-2H3,(H,28,30). The highest BCUT2D eigenvalue weighted by Gasteiger charge is 2.34. The molecule has 0 aliphatic heterocycles. The van der Waals surface area contributed by atoms with E-state index in [4.69, 9.17) is 4.74 Å². The largest absolute Gasteiger partial charge is 0.496 e. The van der Waals surface area contributed by atoms with Crippen LogP contribution in [0.2, 0.25) is 0 Å². The Kier molecular flexibility index (Phi) is 7.63. The number of sulfonamides is 1. The highest BCUT2D eigenvalue weighted by molar-refractivity contribution is 7.89. The van der Waals surface area contributed by atoms with Gasteiger partial charge in [-0.2, -0.15) is 17.9 Å². The molecule has 34 heavy (non-hydrogen) atoms. The number of methoxy groups -OCH3 is 1. The number of para-hydroxylation sites is 1. The molecule has 0 aromatic heterocycles. The summed E-state index contributed by atoms with van der Waals surface area (Å²) in [7, 11) is -2.74. The Morgan fingerprint density at radius 3 is 2.26 bits per heavy atom. The lowest BCUT2D eigenvalue weighted by atomic mass is 10.1. The molecule has 3 aromatic carbocycles. The van der Waals surface area contributed by atoms with Crippen molar-refractivity contribution in [3.05, 3.63) is 89.5 Å². The summed E-state index contributed by atoms with van der Waals surface area (Å²) in [5.74, 6) is -0.435. The van der Waals surface area contributed by atoms with Crippen molar-refractivity contribution in [3.63, 3.8) is 0 Å². The van der Waals surface area contributed by atoms with Crippen molar-refractivity contribution in [1.82, 2.24) is 4.72 Å². The number of amides is 1. The first-order valence-electron chi connectivity index (χ1n) is 10.2. The summed E-state index contributed by atoms with van der Waals surface area (Å²) in [5, 5.41) is 2.24. The smallest absolute Gasteiger partial charge is 0.418 e. The SMILES string of the molecule is COc1ccc(S(=O)(=O)NC(Cc2ccccc2)C(=O)Nc2ccccc2C(F)(F)F)cc1C. The summed E-state index contributed by atoms with van der Waals surface area (Å²) in [6.07, 6.45) is -4.77. The van der Waals surface area contributed by atoms with Crippen molar-refractivity contribution in [2.45, 2.75) is 30.5 Å². The number of nitrogens with one attached hydrogen (secondary N) is 2.